The zero-order valence-electron chi connectivity index (χ0n) is 24.2. The van der Waals surface area contributed by atoms with Gasteiger partial charge in [0.25, 0.3) is 0 Å². The monoisotopic (exact) mass is 494 g/mol. The van der Waals surface area contributed by atoms with Crippen LogP contribution >= 0.6 is 0 Å². The molecule has 0 fully saturated rings. The second-order valence-corrected chi connectivity index (χ2v) is 11.3. The van der Waals surface area contributed by atoms with Crippen LogP contribution in [-0.2, 0) is 14.3 Å². The zero-order valence-corrected chi connectivity index (χ0v) is 24.2. The Hall–Kier alpha value is -0.860. The molecule has 0 rings (SSSR count). The topological polar surface area (TPSA) is 43.4 Å². The van der Waals surface area contributed by atoms with Gasteiger partial charge in [0.05, 0.1) is 6.61 Å². The van der Waals surface area contributed by atoms with Crippen LogP contribution in [0, 0.1) is 5.92 Å². The Morgan fingerprint density at radius 1 is 0.514 bits per heavy atom. The van der Waals surface area contributed by atoms with Crippen molar-refractivity contribution in [3.63, 3.8) is 0 Å². The van der Waals surface area contributed by atoms with Crippen LogP contribution in [0.5, 0.6) is 0 Å². The lowest BCUT2D eigenvalue weighted by atomic mass is 10.0. The van der Waals surface area contributed by atoms with Gasteiger partial charge in [-0.15, -0.1) is 0 Å². The number of esters is 1. The van der Waals surface area contributed by atoms with E-state index in [1.165, 1.54) is 128 Å². The van der Waals surface area contributed by atoms with E-state index >= 15 is 0 Å². The summed E-state index contributed by atoms with van der Waals surface area (Å²) < 4.78 is 5.18. The molecule has 0 aromatic heterocycles. The van der Waals surface area contributed by atoms with Crippen molar-refractivity contribution in [1.29, 1.82) is 0 Å². The minimum atomic E-state index is -0.610. The van der Waals surface area contributed by atoms with Crippen LogP contribution in [0.4, 0.5) is 0 Å². The van der Waals surface area contributed by atoms with Crippen LogP contribution in [-0.4, -0.2) is 18.4 Å². The number of unbranched alkanes of at least 4 members (excludes halogenated alkanes) is 21. The second kappa shape index (κ2) is 27.7. The Morgan fingerprint density at radius 2 is 0.886 bits per heavy atom. The molecule has 3 nitrogen and oxygen atoms in total. The van der Waals surface area contributed by atoms with E-state index in [0.29, 0.717) is 13.0 Å². The Kier molecular flexibility index (Phi) is 27.0. The van der Waals surface area contributed by atoms with Gasteiger partial charge < -0.3 is 4.74 Å². The second-order valence-electron chi connectivity index (χ2n) is 11.3. The quantitative estimate of drug-likeness (QED) is 0.0617. The van der Waals surface area contributed by atoms with Gasteiger partial charge in [-0.1, -0.05) is 162 Å². The summed E-state index contributed by atoms with van der Waals surface area (Å²) in [7, 11) is 0. The van der Waals surface area contributed by atoms with Crippen LogP contribution in [0.15, 0.2) is 0 Å². The fourth-order valence-corrected chi connectivity index (χ4v) is 4.72. The molecule has 0 radical (unpaired) electrons. The average Bonchev–Trinajstić information content (AvgIpc) is 2.84. The summed E-state index contributed by atoms with van der Waals surface area (Å²) in [5.41, 5.74) is 0. The van der Waals surface area contributed by atoms with Gasteiger partial charge in [-0.05, 0) is 18.8 Å². The number of carbonyl (C=O) groups is 2. The van der Waals surface area contributed by atoms with Crippen molar-refractivity contribution >= 4 is 11.8 Å². The van der Waals surface area contributed by atoms with Crippen LogP contribution < -0.4 is 0 Å². The van der Waals surface area contributed by atoms with Gasteiger partial charge in [-0.2, -0.15) is 0 Å². The highest BCUT2D eigenvalue weighted by molar-refractivity contribution is 6.33. The number of ether oxygens (including phenoxy) is 1. The summed E-state index contributed by atoms with van der Waals surface area (Å²) >= 11 is 0. The number of ketones is 1. The summed E-state index contributed by atoms with van der Waals surface area (Å²) in [6.07, 6.45) is 31.1. The Bertz CT molecular complexity index is 458. The largest absolute Gasteiger partial charge is 0.460 e. The molecular formula is C32H62O3. The van der Waals surface area contributed by atoms with Crippen molar-refractivity contribution in [3.8, 4) is 0 Å². The molecule has 0 aliphatic heterocycles. The lowest BCUT2D eigenvalue weighted by molar-refractivity contribution is -0.154. The van der Waals surface area contributed by atoms with Crippen LogP contribution in [0.3, 0.4) is 0 Å². The molecule has 0 amide bonds. The maximum atomic E-state index is 11.9. The molecule has 0 saturated carbocycles. The van der Waals surface area contributed by atoms with E-state index in [2.05, 4.69) is 20.8 Å². The average molecular weight is 495 g/mol. The normalized spacial score (nSPS) is 11.3. The third kappa shape index (κ3) is 27.6. The molecule has 0 bridgehead atoms. The van der Waals surface area contributed by atoms with E-state index in [9.17, 15) is 9.59 Å². The van der Waals surface area contributed by atoms with Gasteiger partial charge in [-0.25, -0.2) is 4.79 Å². The molecule has 0 heterocycles. The fourth-order valence-electron chi connectivity index (χ4n) is 4.72. The van der Waals surface area contributed by atoms with Gasteiger partial charge in [0.15, 0.2) is 0 Å². The Morgan fingerprint density at radius 3 is 1.31 bits per heavy atom. The number of hydrogen-bond donors (Lipinski definition) is 0. The van der Waals surface area contributed by atoms with Crippen molar-refractivity contribution in [2.45, 2.75) is 181 Å². The number of hydrogen-bond acceptors (Lipinski definition) is 3. The lowest BCUT2D eigenvalue weighted by Gasteiger charge is -2.05. The highest BCUT2D eigenvalue weighted by Gasteiger charge is 2.14. The van der Waals surface area contributed by atoms with Crippen molar-refractivity contribution in [2.24, 2.45) is 5.92 Å². The van der Waals surface area contributed by atoms with E-state index in [4.69, 9.17) is 4.74 Å². The molecule has 35 heavy (non-hydrogen) atoms. The summed E-state index contributed by atoms with van der Waals surface area (Å²) in [6, 6.07) is 0. The maximum absolute atomic E-state index is 11.9. The highest BCUT2D eigenvalue weighted by Crippen LogP contribution is 2.15. The summed E-state index contributed by atoms with van der Waals surface area (Å²) in [4.78, 5) is 23.7. The van der Waals surface area contributed by atoms with E-state index in [-0.39, 0.29) is 5.78 Å². The van der Waals surface area contributed by atoms with Gasteiger partial charge >= 0.3 is 5.97 Å². The van der Waals surface area contributed by atoms with Crippen molar-refractivity contribution in [3.05, 3.63) is 0 Å². The van der Waals surface area contributed by atoms with E-state index in [1.54, 1.807) is 0 Å². The van der Waals surface area contributed by atoms with Crippen molar-refractivity contribution in [1.82, 2.24) is 0 Å². The minimum absolute atomic E-state index is 0.333. The first-order valence-electron chi connectivity index (χ1n) is 15.8. The zero-order chi connectivity index (χ0) is 25.8. The third-order valence-electron chi connectivity index (χ3n) is 7.14. The van der Waals surface area contributed by atoms with Crippen LogP contribution in [0.2, 0.25) is 0 Å². The summed E-state index contributed by atoms with van der Waals surface area (Å²) in [6.45, 7) is 7.29. The van der Waals surface area contributed by atoms with Gasteiger partial charge in [-0.3, -0.25) is 4.79 Å². The minimum Gasteiger partial charge on any atom is -0.460 e. The number of carbonyl (C=O) groups excluding carboxylic acids is 2. The van der Waals surface area contributed by atoms with Crippen molar-refractivity contribution in [2.75, 3.05) is 6.61 Å². The standard InChI is InChI=1S/C32H62O3/c1-4-5-6-7-8-9-16-19-22-25-28-31(33)32(34)35-29-26-23-20-17-14-12-10-11-13-15-18-21-24-27-30(2)3/h30H,4-29H2,1-3H3. The number of Topliss-reactive ketones (excluding diaryl/α,β-unsaturated/α-hetero) is 1. The molecule has 0 N–H and O–H groups in total. The van der Waals surface area contributed by atoms with E-state index in [1.807, 2.05) is 0 Å². The molecular weight excluding hydrogens is 432 g/mol. The Balaban J connectivity index is 3.28. The smallest absolute Gasteiger partial charge is 0.374 e. The lowest BCUT2D eigenvalue weighted by Crippen LogP contribution is -2.17. The molecule has 0 saturated heterocycles. The van der Waals surface area contributed by atoms with Gasteiger partial charge in [0.2, 0.25) is 5.78 Å². The fraction of sp³-hybridized carbons (Fsp3) is 0.938. The van der Waals surface area contributed by atoms with Crippen molar-refractivity contribution < 1.29 is 14.3 Å². The molecule has 3 heteroatoms. The van der Waals surface area contributed by atoms with E-state index in [0.717, 1.165) is 31.6 Å². The highest BCUT2D eigenvalue weighted by atomic mass is 16.5. The molecule has 0 atom stereocenters. The molecule has 0 aliphatic carbocycles. The SMILES string of the molecule is CCCCCCCCCCCCC(=O)C(=O)OCCCCCCCCCCCCCCCC(C)C. The molecule has 0 unspecified atom stereocenters. The molecule has 0 aromatic carbocycles. The first kappa shape index (κ1) is 34.1. The summed E-state index contributed by atoms with van der Waals surface area (Å²) in [5.74, 6) is -0.0840. The first-order chi connectivity index (χ1) is 17.1. The van der Waals surface area contributed by atoms with Gasteiger partial charge in [0, 0.05) is 6.42 Å². The van der Waals surface area contributed by atoms with Crippen LogP contribution in [0.1, 0.15) is 181 Å². The van der Waals surface area contributed by atoms with Gasteiger partial charge in [0.1, 0.15) is 0 Å². The Labute approximate surface area is 219 Å². The molecule has 0 spiro atoms. The first-order valence-corrected chi connectivity index (χ1v) is 15.8. The maximum Gasteiger partial charge on any atom is 0.374 e. The summed E-state index contributed by atoms with van der Waals surface area (Å²) in [5, 5.41) is 0. The molecule has 0 aliphatic rings. The van der Waals surface area contributed by atoms with E-state index < -0.39 is 5.97 Å². The molecule has 208 valence electrons. The molecule has 0 aromatic rings. The predicted octanol–water partition coefficient (Wildman–Crippen LogP) is 10.5. The third-order valence-corrected chi connectivity index (χ3v) is 7.14. The van der Waals surface area contributed by atoms with Crippen LogP contribution in [0.25, 0.3) is 0 Å². The number of rotatable bonds is 28. The predicted molar refractivity (Wildman–Crippen MR) is 152 cm³/mol.